The highest BCUT2D eigenvalue weighted by molar-refractivity contribution is 6.31. The third-order valence-corrected chi connectivity index (χ3v) is 4.04. The summed E-state index contributed by atoms with van der Waals surface area (Å²) in [5.74, 6) is -1.43. The van der Waals surface area contributed by atoms with Gasteiger partial charge in [-0.05, 0) is 42.5 Å². The topological polar surface area (TPSA) is 80.3 Å². The third-order valence-electron chi connectivity index (χ3n) is 3.75. The van der Waals surface area contributed by atoms with E-state index in [1.165, 1.54) is 43.8 Å². The molecule has 0 saturated carbocycles. The van der Waals surface area contributed by atoms with E-state index >= 15 is 0 Å². The third kappa shape index (κ3) is 4.63. The van der Waals surface area contributed by atoms with Crippen molar-refractivity contribution in [3.05, 3.63) is 82.9 Å². The lowest BCUT2D eigenvalue weighted by atomic mass is 10.2. The molecule has 0 aliphatic heterocycles. The zero-order valence-electron chi connectivity index (χ0n) is 14.7. The minimum absolute atomic E-state index is 0.0163. The van der Waals surface area contributed by atoms with Crippen molar-refractivity contribution >= 4 is 40.5 Å². The van der Waals surface area contributed by atoms with E-state index in [-0.39, 0.29) is 5.02 Å². The predicted octanol–water partition coefficient (Wildman–Crippen LogP) is 4.66. The zero-order valence-corrected chi connectivity index (χ0v) is 15.5. The number of pyridine rings is 1. The Morgan fingerprint density at radius 3 is 2.54 bits per heavy atom. The highest BCUT2D eigenvalue weighted by Crippen LogP contribution is 2.23. The number of methoxy groups -OCH3 is 1. The number of amides is 1. The molecule has 0 atom stereocenters. The summed E-state index contributed by atoms with van der Waals surface area (Å²) >= 11 is 5.77. The number of hydrogen-bond acceptors (Lipinski definition) is 5. The molecule has 1 aromatic heterocycles. The molecule has 28 heavy (non-hydrogen) atoms. The largest absolute Gasteiger partial charge is 0.465 e. The van der Waals surface area contributed by atoms with Gasteiger partial charge in [-0.25, -0.2) is 9.18 Å². The second kappa shape index (κ2) is 8.49. The summed E-state index contributed by atoms with van der Waals surface area (Å²) in [6.07, 6.45) is 2.92. The number of benzene rings is 2. The van der Waals surface area contributed by atoms with Gasteiger partial charge in [0.25, 0.3) is 5.91 Å². The fourth-order valence-corrected chi connectivity index (χ4v) is 2.60. The van der Waals surface area contributed by atoms with Gasteiger partial charge in [0.2, 0.25) is 0 Å². The number of esters is 1. The maximum absolute atomic E-state index is 13.3. The molecule has 0 aliphatic rings. The molecule has 0 bridgehead atoms. The number of rotatable bonds is 5. The molecule has 2 aromatic carbocycles. The van der Waals surface area contributed by atoms with Gasteiger partial charge >= 0.3 is 5.97 Å². The van der Waals surface area contributed by atoms with Crippen molar-refractivity contribution in [3.63, 3.8) is 0 Å². The van der Waals surface area contributed by atoms with Crippen molar-refractivity contribution in [3.8, 4) is 0 Å². The second-order valence-corrected chi connectivity index (χ2v) is 6.15. The van der Waals surface area contributed by atoms with Gasteiger partial charge in [0.05, 0.1) is 35.1 Å². The number of hydrogen-bond donors (Lipinski definition) is 2. The number of nitrogens with zero attached hydrogens (tertiary/aromatic N) is 1. The van der Waals surface area contributed by atoms with Crippen molar-refractivity contribution in [2.75, 3.05) is 17.7 Å². The van der Waals surface area contributed by atoms with Crippen molar-refractivity contribution in [1.82, 2.24) is 4.98 Å². The first-order chi connectivity index (χ1) is 13.5. The van der Waals surface area contributed by atoms with Gasteiger partial charge < -0.3 is 15.4 Å². The molecule has 1 heterocycles. The molecule has 1 amide bonds. The van der Waals surface area contributed by atoms with E-state index in [1.54, 1.807) is 24.3 Å². The number of aromatic nitrogens is 1. The maximum Gasteiger partial charge on any atom is 0.337 e. The van der Waals surface area contributed by atoms with E-state index in [0.29, 0.717) is 28.2 Å². The molecule has 0 spiro atoms. The van der Waals surface area contributed by atoms with Crippen molar-refractivity contribution in [2.24, 2.45) is 0 Å². The minimum atomic E-state index is -0.521. The van der Waals surface area contributed by atoms with Crippen LogP contribution < -0.4 is 10.6 Å². The van der Waals surface area contributed by atoms with E-state index in [1.807, 2.05) is 0 Å². The van der Waals surface area contributed by atoms with Crippen LogP contribution >= 0.6 is 11.6 Å². The summed E-state index contributed by atoms with van der Waals surface area (Å²) in [6.45, 7) is 0. The van der Waals surface area contributed by atoms with Crippen molar-refractivity contribution in [2.45, 2.75) is 0 Å². The number of halogens is 2. The Morgan fingerprint density at radius 2 is 1.79 bits per heavy atom. The smallest absolute Gasteiger partial charge is 0.337 e. The minimum Gasteiger partial charge on any atom is -0.465 e. The first-order valence-electron chi connectivity index (χ1n) is 8.13. The number of carbonyl (C=O) groups excluding carboxylic acids is 2. The van der Waals surface area contributed by atoms with Gasteiger partial charge in [0.1, 0.15) is 5.82 Å². The van der Waals surface area contributed by atoms with Crippen LogP contribution in [0.5, 0.6) is 0 Å². The first-order valence-corrected chi connectivity index (χ1v) is 8.51. The van der Waals surface area contributed by atoms with E-state index in [4.69, 9.17) is 11.6 Å². The summed E-state index contributed by atoms with van der Waals surface area (Å²) in [5.41, 5.74) is 2.13. The van der Waals surface area contributed by atoms with Crippen LogP contribution in [0.4, 0.5) is 21.5 Å². The van der Waals surface area contributed by atoms with E-state index in [9.17, 15) is 14.0 Å². The first kappa shape index (κ1) is 19.3. The van der Waals surface area contributed by atoms with Crippen LogP contribution in [-0.2, 0) is 4.74 Å². The van der Waals surface area contributed by atoms with Crippen LogP contribution in [0.3, 0.4) is 0 Å². The highest BCUT2D eigenvalue weighted by Gasteiger charge is 2.11. The van der Waals surface area contributed by atoms with Crippen LogP contribution in [0.1, 0.15) is 20.7 Å². The molecule has 3 aromatic rings. The van der Waals surface area contributed by atoms with Crippen molar-refractivity contribution in [1.29, 1.82) is 0 Å². The van der Waals surface area contributed by atoms with Gasteiger partial charge in [-0.2, -0.15) is 0 Å². The molecule has 0 unspecified atom stereocenters. The fourth-order valence-electron chi connectivity index (χ4n) is 2.42. The quantitative estimate of drug-likeness (QED) is 0.610. The lowest BCUT2D eigenvalue weighted by molar-refractivity contribution is 0.0600. The zero-order chi connectivity index (χ0) is 20.1. The van der Waals surface area contributed by atoms with Crippen LogP contribution in [0.2, 0.25) is 5.02 Å². The van der Waals surface area contributed by atoms with Gasteiger partial charge in [-0.3, -0.25) is 9.78 Å². The van der Waals surface area contributed by atoms with Crippen LogP contribution in [0.15, 0.2) is 60.9 Å². The maximum atomic E-state index is 13.3. The van der Waals surface area contributed by atoms with E-state index in [0.717, 1.165) is 0 Å². The van der Waals surface area contributed by atoms with Crippen molar-refractivity contribution < 1.29 is 18.7 Å². The average Bonchev–Trinajstić information content (AvgIpc) is 2.70. The van der Waals surface area contributed by atoms with E-state index in [2.05, 4.69) is 20.4 Å². The van der Waals surface area contributed by atoms with Gasteiger partial charge in [-0.1, -0.05) is 17.7 Å². The normalized spacial score (nSPS) is 10.2. The predicted molar refractivity (Wildman–Crippen MR) is 105 cm³/mol. The van der Waals surface area contributed by atoms with Crippen LogP contribution in [0, 0.1) is 5.82 Å². The van der Waals surface area contributed by atoms with Crippen LogP contribution in [-0.4, -0.2) is 24.0 Å². The number of carbonyl (C=O) groups is 2. The Morgan fingerprint density at radius 1 is 1.00 bits per heavy atom. The SMILES string of the molecule is COC(=O)c1cccc(NC(=O)c2cncc(Nc3ccc(F)c(Cl)c3)c2)c1. The second-order valence-electron chi connectivity index (χ2n) is 5.74. The Hall–Kier alpha value is -3.45. The molecule has 3 rings (SSSR count). The summed E-state index contributed by atoms with van der Waals surface area (Å²) < 4.78 is 17.9. The number of nitrogens with one attached hydrogen (secondary N) is 2. The molecule has 2 N–H and O–H groups in total. The van der Waals surface area contributed by atoms with Gasteiger partial charge in [0.15, 0.2) is 0 Å². The Labute approximate surface area is 165 Å². The molecule has 0 aliphatic carbocycles. The summed E-state index contributed by atoms with van der Waals surface area (Å²) in [5, 5.41) is 5.69. The Kier molecular flexibility index (Phi) is 5.86. The molecular weight excluding hydrogens is 385 g/mol. The lowest BCUT2D eigenvalue weighted by Crippen LogP contribution is -2.13. The summed E-state index contributed by atoms with van der Waals surface area (Å²) in [6, 6.07) is 12.2. The Bertz CT molecular complexity index is 1040. The number of anilines is 3. The lowest BCUT2D eigenvalue weighted by Gasteiger charge is -2.10. The molecule has 0 fully saturated rings. The Balaban J connectivity index is 1.75. The van der Waals surface area contributed by atoms with E-state index < -0.39 is 17.7 Å². The summed E-state index contributed by atoms with van der Waals surface area (Å²) in [7, 11) is 1.28. The highest BCUT2D eigenvalue weighted by atomic mass is 35.5. The number of ether oxygens (including phenoxy) is 1. The monoisotopic (exact) mass is 399 g/mol. The summed E-state index contributed by atoms with van der Waals surface area (Å²) in [4.78, 5) is 28.1. The van der Waals surface area contributed by atoms with Gasteiger partial charge in [0, 0.05) is 17.6 Å². The molecule has 0 saturated heterocycles. The molecule has 142 valence electrons. The fraction of sp³-hybridized carbons (Fsp3) is 0.0500. The molecular formula is C20H15ClFN3O3. The standard InChI is InChI=1S/C20H15ClFN3O3/c1-28-20(27)12-3-2-4-14(7-12)25-19(26)13-8-16(11-23-10-13)24-15-5-6-18(22)17(21)9-15/h2-11,24H,1H3,(H,25,26). The van der Waals surface area contributed by atoms with Crippen LogP contribution in [0.25, 0.3) is 0 Å². The molecule has 0 radical (unpaired) electrons. The molecule has 6 nitrogen and oxygen atoms in total. The average molecular weight is 400 g/mol. The van der Waals surface area contributed by atoms with Gasteiger partial charge in [-0.15, -0.1) is 0 Å². The molecule has 8 heteroatoms.